The highest BCUT2D eigenvalue weighted by Crippen LogP contribution is 2.26. The average molecular weight is 223 g/mol. The van der Waals surface area contributed by atoms with E-state index in [4.69, 9.17) is 11.6 Å². The number of phenolic OH excluding ortho intramolecular Hbond substituents is 1. The number of benzene rings is 1. The van der Waals surface area contributed by atoms with E-state index >= 15 is 0 Å². The molecule has 1 N–H and O–H groups in total. The molecule has 1 aromatic carbocycles. The Hall–Kier alpha value is -1.68. The number of carbonyl (C=O) groups is 1. The number of hydrogen-bond donors (Lipinski definition) is 1. The van der Waals surface area contributed by atoms with Crippen LogP contribution in [0.1, 0.15) is 17.5 Å². The molecule has 0 aliphatic heterocycles. The van der Waals surface area contributed by atoms with Gasteiger partial charge in [-0.05, 0) is 12.1 Å². The van der Waals surface area contributed by atoms with Crippen molar-refractivity contribution in [3.8, 4) is 5.75 Å². The number of fused-ring (bicyclic) bond motifs is 1. The first-order valence-corrected chi connectivity index (χ1v) is 4.63. The minimum Gasteiger partial charge on any atom is -0.506 e. The van der Waals surface area contributed by atoms with E-state index in [1.165, 1.54) is 13.0 Å². The van der Waals surface area contributed by atoms with Gasteiger partial charge in [0, 0.05) is 12.3 Å². The predicted molar refractivity (Wildman–Crippen MR) is 56.2 cm³/mol. The Bertz CT molecular complexity index is 554. The van der Waals surface area contributed by atoms with Crippen LogP contribution in [-0.4, -0.2) is 20.9 Å². The maximum absolute atomic E-state index is 11.1. The van der Waals surface area contributed by atoms with Crippen molar-refractivity contribution < 1.29 is 9.90 Å². The number of para-hydroxylation sites is 1. The molecule has 0 amide bonds. The second kappa shape index (κ2) is 3.47. The molecule has 5 heteroatoms. The third kappa shape index (κ3) is 1.64. The van der Waals surface area contributed by atoms with Crippen molar-refractivity contribution in [2.45, 2.75) is 6.92 Å². The Morgan fingerprint density at radius 3 is 2.80 bits per heavy atom. The van der Waals surface area contributed by atoms with Gasteiger partial charge in [-0.2, -0.15) is 0 Å². The van der Waals surface area contributed by atoms with Gasteiger partial charge in [-0.25, -0.2) is 9.97 Å². The lowest BCUT2D eigenvalue weighted by Crippen LogP contribution is -2.01. The van der Waals surface area contributed by atoms with Crippen LogP contribution in [0.4, 0.5) is 0 Å². The maximum atomic E-state index is 11.1. The number of ketones is 1. The highest BCUT2D eigenvalue weighted by Gasteiger charge is 2.11. The van der Waals surface area contributed by atoms with Crippen molar-refractivity contribution in [3.05, 3.63) is 29.2 Å². The lowest BCUT2D eigenvalue weighted by atomic mass is 10.2. The average Bonchev–Trinajstić information content (AvgIpc) is 2.19. The van der Waals surface area contributed by atoms with Crippen LogP contribution in [0.25, 0.3) is 10.9 Å². The molecule has 76 valence electrons. The van der Waals surface area contributed by atoms with E-state index in [-0.39, 0.29) is 22.5 Å². The molecule has 0 unspecified atom stereocenters. The first-order chi connectivity index (χ1) is 7.09. The molecular weight excluding hydrogens is 216 g/mol. The van der Waals surface area contributed by atoms with Crippen molar-refractivity contribution in [1.29, 1.82) is 0 Å². The van der Waals surface area contributed by atoms with E-state index in [9.17, 15) is 9.90 Å². The Morgan fingerprint density at radius 1 is 1.40 bits per heavy atom. The Balaban J connectivity index is 2.85. The molecule has 0 aliphatic rings. The van der Waals surface area contributed by atoms with E-state index in [2.05, 4.69) is 9.97 Å². The third-order valence-electron chi connectivity index (χ3n) is 1.97. The molecule has 1 aromatic heterocycles. The summed E-state index contributed by atoms with van der Waals surface area (Å²) in [6.45, 7) is 1.34. The first-order valence-electron chi connectivity index (χ1n) is 4.26. The summed E-state index contributed by atoms with van der Waals surface area (Å²) in [5.41, 5.74) is 0.294. The normalized spacial score (nSPS) is 10.5. The smallest absolute Gasteiger partial charge is 0.197 e. The van der Waals surface area contributed by atoms with Gasteiger partial charge in [-0.15, -0.1) is 0 Å². The van der Waals surface area contributed by atoms with E-state index in [0.29, 0.717) is 10.9 Å². The molecule has 0 saturated heterocycles. The summed E-state index contributed by atoms with van der Waals surface area (Å²) >= 11 is 5.86. The van der Waals surface area contributed by atoms with E-state index in [0.717, 1.165) is 0 Å². The minimum atomic E-state index is -0.290. The molecule has 2 rings (SSSR count). The fourth-order valence-electron chi connectivity index (χ4n) is 1.26. The van der Waals surface area contributed by atoms with Crippen molar-refractivity contribution in [2.75, 3.05) is 0 Å². The zero-order valence-electron chi connectivity index (χ0n) is 7.86. The molecule has 0 atom stereocenters. The van der Waals surface area contributed by atoms with Crippen LogP contribution < -0.4 is 0 Å². The number of rotatable bonds is 1. The van der Waals surface area contributed by atoms with Crippen LogP contribution in [0, 0.1) is 0 Å². The lowest BCUT2D eigenvalue weighted by Gasteiger charge is -2.03. The first kappa shape index (κ1) is 9.86. The molecule has 4 nitrogen and oxygen atoms in total. The largest absolute Gasteiger partial charge is 0.506 e. The zero-order valence-corrected chi connectivity index (χ0v) is 8.62. The summed E-state index contributed by atoms with van der Waals surface area (Å²) in [6.07, 6.45) is 0. The standard InChI is InChI=1S/C10H7ClN2O2/c1-5(14)10-12-8-6(9(11)13-10)3-2-4-7(8)15/h2-4,15H,1H3. The molecule has 15 heavy (non-hydrogen) atoms. The van der Waals surface area contributed by atoms with Crippen LogP contribution in [0.2, 0.25) is 5.15 Å². The third-order valence-corrected chi connectivity index (χ3v) is 2.26. The van der Waals surface area contributed by atoms with Gasteiger partial charge >= 0.3 is 0 Å². The Morgan fingerprint density at radius 2 is 2.13 bits per heavy atom. The lowest BCUT2D eigenvalue weighted by molar-refractivity contribution is 0.100. The Labute approximate surface area is 90.5 Å². The van der Waals surface area contributed by atoms with E-state index in [1.54, 1.807) is 12.1 Å². The zero-order chi connectivity index (χ0) is 11.0. The number of Topliss-reactive ketones (excluding diaryl/α,β-unsaturated/α-hetero) is 1. The van der Waals surface area contributed by atoms with Gasteiger partial charge in [0.05, 0.1) is 0 Å². The monoisotopic (exact) mass is 222 g/mol. The minimum absolute atomic E-state index is 0.00833. The quantitative estimate of drug-likeness (QED) is 0.594. The van der Waals surface area contributed by atoms with Gasteiger partial charge in [0.2, 0.25) is 0 Å². The van der Waals surface area contributed by atoms with Gasteiger partial charge in [-0.1, -0.05) is 17.7 Å². The van der Waals surface area contributed by atoms with Crippen molar-refractivity contribution in [1.82, 2.24) is 9.97 Å². The van der Waals surface area contributed by atoms with Gasteiger partial charge in [-0.3, -0.25) is 4.79 Å². The highest BCUT2D eigenvalue weighted by molar-refractivity contribution is 6.34. The molecule has 0 aliphatic carbocycles. The fraction of sp³-hybridized carbons (Fsp3) is 0.100. The second-order valence-electron chi connectivity index (χ2n) is 3.07. The molecule has 1 heterocycles. The fourth-order valence-corrected chi connectivity index (χ4v) is 1.49. The number of carbonyl (C=O) groups excluding carboxylic acids is 1. The van der Waals surface area contributed by atoms with E-state index in [1.807, 2.05) is 0 Å². The molecule has 0 saturated carbocycles. The summed E-state index contributed by atoms with van der Waals surface area (Å²) in [6, 6.07) is 4.80. The van der Waals surface area contributed by atoms with Crippen molar-refractivity contribution in [3.63, 3.8) is 0 Å². The topological polar surface area (TPSA) is 63.1 Å². The number of nitrogens with zero attached hydrogens (tertiary/aromatic N) is 2. The maximum Gasteiger partial charge on any atom is 0.197 e. The van der Waals surface area contributed by atoms with Crippen LogP contribution in [-0.2, 0) is 0 Å². The van der Waals surface area contributed by atoms with Crippen LogP contribution >= 0.6 is 11.6 Å². The van der Waals surface area contributed by atoms with Crippen molar-refractivity contribution >= 4 is 28.3 Å². The summed E-state index contributed by atoms with van der Waals surface area (Å²) < 4.78 is 0. The van der Waals surface area contributed by atoms with Crippen molar-refractivity contribution in [2.24, 2.45) is 0 Å². The molecule has 0 spiro atoms. The summed E-state index contributed by atoms with van der Waals surface area (Å²) in [5.74, 6) is -0.296. The molecule has 0 bridgehead atoms. The second-order valence-corrected chi connectivity index (χ2v) is 3.43. The van der Waals surface area contributed by atoms with Gasteiger partial charge in [0.25, 0.3) is 0 Å². The number of aromatic nitrogens is 2. The molecular formula is C10H7ClN2O2. The van der Waals surface area contributed by atoms with Gasteiger partial charge in [0.15, 0.2) is 11.6 Å². The van der Waals surface area contributed by atoms with Crippen LogP contribution in [0.3, 0.4) is 0 Å². The summed E-state index contributed by atoms with van der Waals surface area (Å²) in [7, 11) is 0. The SMILES string of the molecule is CC(=O)c1nc(Cl)c2cccc(O)c2n1. The Kier molecular flexibility index (Phi) is 2.28. The molecule has 0 radical (unpaired) electrons. The van der Waals surface area contributed by atoms with Gasteiger partial charge < -0.3 is 5.11 Å². The number of halogens is 1. The predicted octanol–water partition coefficient (Wildman–Crippen LogP) is 2.19. The number of phenols is 1. The van der Waals surface area contributed by atoms with Gasteiger partial charge in [0.1, 0.15) is 16.4 Å². The summed E-state index contributed by atoms with van der Waals surface area (Å²) in [5, 5.41) is 10.2. The van der Waals surface area contributed by atoms with Crippen LogP contribution in [0.5, 0.6) is 5.75 Å². The number of hydrogen-bond acceptors (Lipinski definition) is 4. The van der Waals surface area contributed by atoms with E-state index < -0.39 is 0 Å². The van der Waals surface area contributed by atoms with Crippen LogP contribution in [0.15, 0.2) is 18.2 Å². The summed E-state index contributed by atoms with van der Waals surface area (Å²) in [4.78, 5) is 18.9. The molecule has 2 aromatic rings. The number of aromatic hydroxyl groups is 1. The molecule has 0 fully saturated rings. The highest BCUT2D eigenvalue weighted by atomic mass is 35.5.